The van der Waals surface area contributed by atoms with Gasteiger partial charge < -0.3 is 9.84 Å². The Labute approximate surface area is 137 Å². The highest BCUT2D eigenvalue weighted by atomic mass is 32.2. The van der Waals surface area contributed by atoms with Crippen LogP contribution in [-0.4, -0.2) is 32.1 Å². The standard InChI is InChI=1S/C16H25NO5S/c1-11(2)9-13(16(18)19)10-17-23(20,21)15-7-5-14(6-8-15)22-12(3)4/h5-8,11-13,17H,9-10H2,1-4H3,(H,18,19). The normalized spacial score (nSPS) is 13.3. The third kappa shape index (κ3) is 6.58. The molecule has 0 aromatic heterocycles. The molecule has 1 aromatic rings. The fourth-order valence-electron chi connectivity index (χ4n) is 2.10. The van der Waals surface area contributed by atoms with Crippen LogP contribution >= 0.6 is 0 Å². The summed E-state index contributed by atoms with van der Waals surface area (Å²) in [7, 11) is -3.74. The number of hydrogen-bond donors (Lipinski definition) is 2. The van der Waals surface area contributed by atoms with Crippen LogP contribution in [-0.2, 0) is 14.8 Å². The van der Waals surface area contributed by atoms with E-state index in [0.717, 1.165) is 0 Å². The number of nitrogens with one attached hydrogen (secondary N) is 1. The lowest BCUT2D eigenvalue weighted by molar-refractivity contribution is -0.142. The number of carboxylic acids is 1. The van der Waals surface area contributed by atoms with Gasteiger partial charge in [0, 0.05) is 6.54 Å². The maximum atomic E-state index is 12.2. The van der Waals surface area contributed by atoms with E-state index in [0.29, 0.717) is 12.2 Å². The third-order valence-electron chi connectivity index (χ3n) is 3.13. The Bertz CT molecular complexity index is 608. The van der Waals surface area contributed by atoms with E-state index in [1.165, 1.54) is 12.1 Å². The topological polar surface area (TPSA) is 92.7 Å². The maximum absolute atomic E-state index is 12.2. The van der Waals surface area contributed by atoms with Crippen molar-refractivity contribution in [1.29, 1.82) is 0 Å². The Morgan fingerprint density at radius 2 is 1.74 bits per heavy atom. The molecule has 0 fully saturated rings. The van der Waals surface area contributed by atoms with E-state index in [-0.39, 0.29) is 23.5 Å². The fraction of sp³-hybridized carbons (Fsp3) is 0.562. The molecule has 1 rings (SSSR count). The van der Waals surface area contributed by atoms with Gasteiger partial charge in [0.15, 0.2) is 0 Å². The van der Waals surface area contributed by atoms with Crippen LogP contribution in [0.2, 0.25) is 0 Å². The summed E-state index contributed by atoms with van der Waals surface area (Å²) in [5.74, 6) is -0.981. The predicted octanol–water partition coefficient (Wildman–Crippen LogP) is 2.50. The van der Waals surface area contributed by atoms with Gasteiger partial charge in [-0.3, -0.25) is 4.79 Å². The van der Waals surface area contributed by atoms with Crippen LogP contribution in [0.15, 0.2) is 29.2 Å². The van der Waals surface area contributed by atoms with Crippen molar-refractivity contribution in [3.05, 3.63) is 24.3 Å². The van der Waals surface area contributed by atoms with Gasteiger partial charge in [0.25, 0.3) is 0 Å². The lowest BCUT2D eigenvalue weighted by atomic mass is 9.98. The Hall–Kier alpha value is -1.60. The summed E-state index contributed by atoms with van der Waals surface area (Å²) in [5.41, 5.74) is 0. The molecule has 0 spiro atoms. The molecule has 1 unspecified atom stereocenters. The van der Waals surface area contributed by atoms with Crippen molar-refractivity contribution in [3.8, 4) is 5.75 Å². The van der Waals surface area contributed by atoms with Crippen molar-refractivity contribution >= 4 is 16.0 Å². The zero-order chi connectivity index (χ0) is 17.6. The van der Waals surface area contributed by atoms with Crippen molar-refractivity contribution in [2.45, 2.75) is 45.1 Å². The maximum Gasteiger partial charge on any atom is 0.307 e. The van der Waals surface area contributed by atoms with Crippen molar-refractivity contribution in [2.24, 2.45) is 11.8 Å². The van der Waals surface area contributed by atoms with E-state index < -0.39 is 21.9 Å². The first-order valence-electron chi connectivity index (χ1n) is 7.61. The average molecular weight is 343 g/mol. The zero-order valence-corrected chi connectivity index (χ0v) is 14.8. The number of hydrogen-bond acceptors (Lipinski definition) is 4. The van der Waals surface area contributed by atoms with Crippen LogP contribution < -0.4 is 9.46 Å². The van der Waals surface area contributed by atoms with Gasteiger partial charge in [-0.2, -0.15) is 0 Å². The van der Waals surface area contributed by atoms with Gasteiger partial charge in [0.1, 0.15) is 5.75 Å². The van der Waals surface area contributed by atoms with Crippen LogP contribution in [0, 0.1) is 11.8 Å². The van der Waals surface area contributed by atoms with Crippen molar-refractivity contribution in [1.82, 2.24) is 4.72 Å². The van der Waals surface area contributed by atoms with Gasteiger partial charge in [0.05, 0.1) is 16.9 Å². The van der Waals surface area contributed by atoms with Crippen molar-refractivity contribution in [2.75, 3.05) is 6.54 Å². The smallest absolute Gasteiger partial charge is 0.307 e. The molecular weight excluding hydrogens is 318 g/mol. The number of carboxylic acid groups (broad SMARTS) is 1. The average Bonchev–Trinajstić information content (AvgIpc) is 2.42. The number of benzene rings is 1. The molecule has 6 nitrogen and oxygen atoms in total. The number of carbonyl (C=O) groups is 1. The van der Waals surface area contributed by atoms with E-state index in [4.69, 9.17) is 9.84 Å². The molecule has 0 aliphatic heterocycles. The highest BCUT2D eigenvalue weighted by Gasteiger charge is 2.22. The zero-order valence-electron chi connectivity index (χ0n) is 13.9. The summed E-state index contributed by atoms with van der Waals surface area (Å²) in [4.78, 5) is 11.3. The number of rotatable bonds is 9. The summed E-state index contributed by atoms with van der Waals surface area (Å²) in [6.07, 6.45) is 0.418. The first-order valence-corrected chi connectivity index (χ1v) is 9.09. The molecule has 2 N–H and O–H groups in total. The second kappa shape index (κ2) is 8.31. The van der Waals surface area contributed by atoms with Crippen molar-refractivity contribution < 1.29 is 23.1 Å². The van der Waals surface area contributed by atoms with Gasteiger partial charge in [-0.05, 0) is 50.5 Å². The lowest BCUT2D eigenvalue weighted by Gasteiger charge is -2.16. The van der Waals surface area contributed by atoms with Crippen LogP contribution in [0.3, 0.4) is 0 Å². The number of ether oxygens (including phenoxy) is 1. The lowest BCUT2D eigenvalue weighted by Crippen LogP contribution is -2.33. The van der Waals surface area contributed by atoms with Crippen LogP contribution in [0.5, 0.6) is 5.75 Å². The molecule has 0 bridgehead atoms. The highest BCUT2D eigenvalue weighted by molar-refractivity contribution is 7.89. The molecule has 1 atom stereocenters. The largest absolute Gasteiger partial charge is 0.491 e. The summed E-state index contributed by atoms with van der Waals surface area (Å²) in [6.45, 7) is 7.44. The predicted molar refractivity (Wildman–Crippen MR) is 88.0 cm³/mol. The summed E-state index contributed by atoms with van der Waals surface area (Å²) >= 11 is 0. The molecule has 1 aromatic carbocycles. The van der Waals surface area contributed by atoms with Gasteiger partial charge >= 0.3 is 5.97 Å². The molecule has 130 valence electrons. The number of aliphatic carboxylic acids is 1. The molecule has 7 heteroatoms. The van der Waals surface area contributed by atoms with E-state index in [1.807, 2.05) is 27.7 Å². The molecule has 23 heavy (non-hydrogen) atoms. The van der Waals surface area contributed by atoms with E-state index in [2.05, 4.69) is 4.72 Å². The van der Waals surface area contributed by atoms with E-state index >= 15 is 0 Å². The quantitative estimate of drug-likeness (QED) is 0.718. The third-order valence-corrected chi connectivity index (χ3v) is 4.57. The molecule has 0 aliphatic carbocycles. The highest BCUT2D eigenvalue weighted by Crippen LogP contribution is 2.18. The monoisotopic (exact) mass is 343 g/mol. The fourth-order valence-corrected chi connectivity index (χ4v) is 3.19. The summed E-state index contributed by atoms with van der Waals surface area (Å²) < 4.78 is 32.3. The minimum atomic E-state index is -3.74. The SMILES string of the molecule is CC(C)CC(CNS(=O)(=O)c1ccc(OC(C)C)cc1)C(=O)O. The van der Waals surface area contributed by atoms with Crippen LogP contribution in [0.25, 0.3) is 0 Å². The second-order valence-electron chi connectivity index (χ2n) is 6.15. The van der Waals surface area contributed by atoms with Crippen molar-refractivity contribution in [3.63, 3.8) is 0 Å². The Morgan fingerprint density at radius 1 is 1.17 bits per heavy atom. The van der Waals surface area contributed by atoms with Gasteiger partial charge in [0.2, 0.25) is 10.0 Å². The van der Waals surface area contributed by atoms with Gasteiger partial charge in [-0.25, -0.2) is 13.1 Å². The molecule has 0 heterocycles. The van der Waals surface area contributed by atoms with E-state index in [9.17, 15) is 13.2 Å². The Kier molecular flexibility index (Phi) is 7.02. The van der Waals surface area contributed by atoms with Crippen LogP contribution in [0.4, 0.5) is 0 Å². The Morgan fingerprint density at radius 3 is 2.17 bits per heavy atom. The summed E-state index contributed by atoms with van der Waals surface area (Å²) in [6, 6.07) is 6.05. The molecular formula is C16H25NO5S. The molecule has 0 amide bonds. The summed E-state index contributed by atoms with van der Waals surface area (Å²) in [5, 5.41) is 9.16. The number of sulfonamides is 1. The Balaban J connectivity index is 2.76. The minimum Gasteiger partial charge on any atom is -0.491 e. The second-order valence-corrected chi connectivity index (χ2v) is 7.92. The molecule has 0 aliphatic rings. The minimum absolute atomic E-state index is 0.00272. The van der Waals surface area contributed by atoms with Crippen LogP contribution in [0.1, 0.15) is 34.1 Å². The first-order chi connectivity index (χ1) is 10.6. The molecule has 0 radical (unpaired) electrons. The first kappa shape index (κ1) is 19.4. The molecule has 0 saturated heterocycles. The van der Waals surface area contributed by atoms with Gasteiger partial charge in [-0.15, -0.1) is 0 Å². The van der Waals surface area contributed by atoms with Gasteiger partial charge in [-0.1, -0.05) is 13.8 Å². The van der Waals surface area contributed by atoms with E-state index in [1.54, 1.807) is 12.1 Å². The molecule has 0 saturated carbocycles.